The molecule has 4 rings (SSSR count). The minimum atomic E-state index is 0.379. The summed E-state index contributed by atoms with van der Waals surface area (Å²) in [5, 5.41) is 9.73. The summed E-state index contributed by atoms with van der Waals surface area (Å²) in [6, 6.07) is 25.4. The van der Waals surface area contributed by atoms with Crippen molar-refractivity contribution in [3.8, 4) is 5.75 Å². The van der Waals surface area contributed by atoms with Crippen LogP contribution in [0, 0.1) is 0 Å². The van der Waals surface area contributed by atoms with Crippen LogP contribution in [0.2, 0.25) is 5.02 Å². The van der Waals surface area contributed by atoms with Crippen LogP contribution < -0.4 is 15.4 Å². The quantitative estimate of drug-likeness (QED) is 0.373. The van der Waals surface area contributed by atoms with E-state index in [-0.39, 0.29) is 0 Å². The van der Waals surface area contributed by atoms with E-state index < -0.39 is 0 Å². The van der Waals surface area contributed by atoms with Crippen LogP contribution in [-0.4, -0.2) is 10.1 Å². The molecular formula is C23H18ClN3OS. The molecule has 0 saturated heterocycles. The second-order valence-corrected chi connectivity index (χ2v) is 7.22. The molecule has 2 N–H and O–H groups in total. The lowest BCUT2D eigenvalue weighted by Crippen LogP contribution is -2.20. The van der Waals surface area contributed by atoms with E-state index in [1.807, 2.05) is 60.7 Å². The van der Waals surface area contributed by atoms with Crippen LogP contribution >= 0.6 is 23.8 Å². The van der Waals surface area contributed by atoms with Crippen molar-refractivity contribution in [3.63, 3.8) is 0 Å². The number of hydrogen-bond acceptors (Lipinski definition) is 3. The van der Waals surface area contributed by atoms with Crippen LogP contribution in [0.3, 0.4) is 0 Å². The van der Waals surface area contributed by atoms with Crippen molar-refractivity contribution in [2.24, 2.45) is 0 Å². The number of ether oxygens (including phenoxy) is 1. The number of pyridine rings is 1. The van der Waals surface area contributed by atoms with Gasteiger partial charge in [0, 0.05) is 22.3 Å². The highest BCUT2D eigenvalue weighted by Gasteiger charge is 2.09. The van der Waals surface area contributed by atoms with E-state index in [9.17, 15) is 0 Å². The molecule has 29 heavy (non-hydrogen) atoms. The minimum absolute atomic E-state index is 0.379. The molecule has 1 heterocycles. The van der Waals surface area contributed by atoms with Gasteiger partial charge in [-0.2, -0.15) is 0 Å². The zero-order chi connectivity index (χ0) is 20.1. The number of rotatable bonds is 5. The summed E-state index contributed by atoms with van der Waals surface area (Å²) in [4.78, 5) is 4.36. The normalized spacial score (nSPS) is 10.5. The number of aromatic nitrogens is 1. The first-order chi connectivity index (χ1) is 14.2. The topological polar surface area (TPSA) is 46.2 Å². The minimum Gasteiger partial charge on any atom is -0.485 e. The van der Waals surface area contributed by atoms with Gasteiger partial charge in [0.25, 0.3) is 0 Å². The first-order valence-electron chi connectivity index (χ1n) is 9.07. The smallest absolute Gasteiger partial charge is 0.176 e. The molecule has 0 aliphatic rings. The molecule has 0 atom stereocenters. The van der Waals surface area contributed by atoms with Crippen molar-refractivity contribution in [3.05, 3.63) is 95.6 Å². The van der Waals surface area contributed by atoms with E-state index in [0.29, 0.717) is 28.3 Å². The van der Waals surface area contributed by atoms with Crippen LogP contribution in [0.15, 0.2) is 85.1 Å². The molecule has 0 spiro atoms. The van der Waals surface area contributed by atoms with Gasteiger partial charge < -0.3 is 15.4 Å². The number of thiocarbonyl (C=S) groups is 1. The van der Waals surface area contributed by atoms with Gasteiger partial charge >= 0.3 is 0 Å². The Morgan fingerprint density at radius 3 is 2.66 bits per heavy atom. The SMILES string of the molecule is S=C(Nc1ncccc1OCc1cccc(Cl)c1)Nc1cccc2ccccc12. The van der Waals surface area contributed by atoms with Gasteiger partial charge in [0.15, 0.2) is 16.7 Å². The lowest BCUT2D eigenvalue weighted by molar-refractivity contribution is 0.307. The van der Waals surface area contributed by atoms with E-state index in [0.717, 1.165) is 22.0 Å². The van der Waals surface area contributed by atoms with Crippen molar-refractivity contribution >= 4 is 51.2 Å². The van der Waals surface area contributed by atoms with Gasteiger partial charge in [-0.1, -0.05) is 60.1 Å². The largest absolute Gasteiger partial charge is 0.485 e. The van der Waals surface area contributed by atoms with E-state index in [2.05, 4.69) is 33.8 Å². The molecule has 4 nitrogen and oxygen atoms in total. The fourth-order valence-corrected chi connectivity index (χ4v) is 3.40. The van der Waals surface area contributed by atoms with Gasteiger partial charge in [-0.15, -0.1) is 0 Å². The van der Waals surface area contributed by atoms with Crippen LogP contribution in [-0.2, 0) is 6.61 Å². The first-order valence-corrected chi connectivity index (χ1v) is 9.86. The third-order valence-corrected chi connectivity index (χ3v) is 4.76. The van der Waals surface area contributed by atoms with E-state index >= 15 is 0 Å². The maximum atomic E-state index is 6.04. The Labute approximate surface area is 179 Å². The van der Waals surface area contributed by atoms with Crippen LogP contribution in [0.1, 0.15) is 5.56 Å². The molecular weight excluding hydrogens is 402 g/mol. The fourth-order valence-electron chi connectivity index (χ4n) is 2.98. The van der Waals surface area contributed by atoms with Crippen molar-refractivity contribution in [2.45, 2.75) is 6.61 Å². The number of nitrogens with one attached hydrogen (secondary N) is 2. The molecule has 144 valence electrons. The molecule has 0 bridgehead atoms. The molecule has 3 aromatic carbocycles. The molecule has 4 aromatic rings. The van der Waals surface area contributed by atoms with Crippen molar-refractivity contribution < 1.29 is 4.74 Å². The Morgan fingerprint density at radius 2 is 1.76 bits per heavy atom. The summed E-state index contributed by atoms with van der Waals surface area (Å²) < 4.78 is 5.93. The molecule has 0 unspecified atom stereocenters. The number of fused-ring (bicyclic) bond motifs is 1. The summed E-state index contributed by atoms with van der Waals surface area (Å²) >= 11 is 11.5. The average Bonchev–Trinajstić information content (AvgIpc) is 2.73. The fraction of sp³-hybridized carbons (Fsp3) is 0.0435. The highest BCUT2D eigenvalue weighted by molar-refractivity contribution is 7.80. The second-order valence-electron chi connectivity index (χ2n) is 6.37. The predicted octanol–water partition coefficient (Wildman–Crippen LogP) is 6.28. The van der Waals surface area contributed by atoms with Gasteiger partial charge in [0.05, 0.1) is 0 Å². The maximum Gasteiger partial charge on any atom is 0.176 e. The Bertz CT molecular complexity index is 1160. The monoisotopic (exact) mass is 419 g/mol. The van der Waals surface area contributed by atoms with Gasteiger partial charge in [-0.25, -0.2) is 4.98 Å². The molecule has 0 fully saturated rings. The molecule has 6 heteroatoms. The molecule has 0 saturated carbocycles. The molecule has 0 aliphatic carbocycles. The third kappa shape index (κ3) is 4.83. The Hall–Kier alpha value is -3.15. The summed E-state index contributed by atoms with van der Waals surface area (Å²) in [6.07, 6.45) is 1.69. The summed E-state index contributed by atoms with van der Waals surface area (Å²) in [7, 11) is 0. The summed E-state index contributed by atoms with van der Waals surface area (Å²) in [5.41, 5.74) is 1.90. The van der Waals surface area contributed by atoms with E-state index in [1.54, 1.807) is 6.20 Å². The lowest BCUT2D eigenvalue weighted by Gasteiger charge is -2.15. The first kappa shape index (κ1) is 19.2. The number of hydrogen-bond donors (Lipinski definition) is 2. The molecule has 0 amide bonds. The van der Waals surface area contributed by atoms with Crippen molar-refractivity contribution in [1.82, 2.24) is 4.98 Å². The van der Waals surface area contributed by atoms with Gasteiger partial charge in [-0.3, -0.25) is 0 Å². The molecule has 1 aromatic heterocycles. The van der Waals surface area contributed by atoms with E-state index in [4.69, 9.17) is 28.6 Å². The number of halogens is 1. The van der Waals surface area contributed by atoms with Crippen LogP contribution in [0.4, 0.5) is 11.5 Å². The Kier molecular flexibility index (Phi) is 5.89. The highest BCUT2D eigenvalue weighted by atomic mass is 35.5. The van der Waals surface area contributed by atoms with Crippen LogP contribution in [0.25, 0.3) is 10.8 Å². The number of benzene rings is 3. The Morgan fingerprint density at radius 1 is 0.931 bits per heavy atom. The van der Waals surface area contributed by atoms with Gasteiger partial charge in [0.1, 0.15) is 6.61 Å². The van der Waals surface area contributed by atoms with Gasteiger partial charge in [0.2, 0.25) is 0 Å². The standard InChI is InChI=1S/C23H18ClN3OS/c24-18-9-3-6-16(14-18)15-28-21-12-5-13-25-22(21)27-23(29)26-20-11-4-8-17-7-1-2-10-19(17)20/h1-14H,15H2,(H2,25,26,27,29). The highest BCUT2D eigenvalue weighted by Crippen LogP contribution is 2.25. The lowest BCUT2D eigenvalue weighted by atomic mass is 10.1. The third-order valence-electron chi connectivity index (χ3n) is 4.32. The molecule has 0 aliphatic heterocycles. The van der Waals surface area contributed by atoms with E-state index in [1.165, 1.54) is 0 Å². The van der Waals surface area contributed by atoms with Crippen molar-refractivity contribution in [1.29, 1.82) is 0 Å². The van der Waals surface area contributed by atoms with Gasteiger partial charge in [-0.05, 0) is 53.5 Å². The number of anilines is 2. The average molecular weight is 420 g/mol. The van der Waals surface area contributed by atoms with Crippen molar-refractivity contribution in [2.75, 3.05) is 10.6 Å². The zero-order valence-corrected chi connectivity index (χ0v) is 17.0. The summed E-state index contributed by atoms with van der Waals surface area (Å²) in [6.45, 7) is 0.379. The number of nitrogens with zero attached hydrogens (tertiary/aromatic N) is 1. The second kappa shape index (κ2) is 8.90. The zero-order valence-electron chi connectivity index (χ0n) is 15.4. The maximum absolute atomic E-state index is 6.04. The van der Waals surface area contributed by atoms with Crippen LogP contribution in [0.5, 0.6) is 5.75 Å². The summed E-state index contributed by atoms with van der Waals surface area (Å²) in [5.74, 6) is 1.15. The predicted molar refractivity (Wildman–Crippen MR) is 124 cm³/mol. The molecule has 0 radical (unpaired) electrons. The Balaban J connectivity index is 1.47.